The van der Waals surface area contributed by atoms with E-state index in [0.29, 0.717) is 11.3 Å². The molecule has 0 atom stereocenters. The molecule has 0 spiro atoms. The number of halogens is 2. The molecule has 0 saturated carbocycles. The van der Waals surface area contributed by atoms with E-state index in [1.807, 2.05) is 74.5 Å². The van der Waals surface area contributed by atoms with Crippen molar-refractivity contribution >= 4 is 48.7 Å². The number of carbonyl (C=O) groups is 1. The summed E-state index contributed by atoms with van der Waals surface area (Å²) in [7, 11) is 0. The number of hydrogen-bond donors (Lipinski definition) is 0. The van der Waals surface area contributed by atoms with Gasteiger partial charge in [-0.1, -0.05) is 50.1 Å². The van der Waals surface area contributed by atoms with Gasteiger partial charge in [-0.3, -0.25) is 0 Å². The van der Waals surface area contributed by atoms with Crippen LogP contribution in [0.3, 0.4) is 0 Å². The molecule has 0 unspecified atom stereocenters. The third-order valence-electron chi connectivity index (χ3n) is 4.82. The summed E-state index contributed by atoms with van der Waals surface area (Å²) < 4.78 is 7.57. The van der Waals surface area contributed by atoms with Gasteiger partial charge in [0.2, 0.25) is 0 Å². The summed E-state index contributed by atoms with van der Waals surface area (Å²) in [4.78, 5) is 17.8. The van der Waals surface area contributed by atoms with Crippen LogP contribution in [0.5, 0.6) is 5.75 Å². The van der Waals surface area contributed by atoms with Crippen LogP contribution in [-0.4, -0.2) is 11.0 Å². The van der Waals surface area contributed by atoms with Crippen LogP contribution in [0.2, 0.25) is 0 Å². The summed E-state index contributed by atoms with van der Waals surface area (Å²) >= 11 is 6.94. The first-order valence-electron chi connectivity index (χ1n) is 9.06. The lowest BCUT2D eigenvalue weighted by atomic mass is 10.0. The summed E-state index contributed by atoms with van der Waals surface area (Å²) in [5.74, 6) is 0.125. The lowest BCUT2D eigenvalue weighted by molar-refractivity contribution is 0.0736. The number of nitrogens with zero attached hydrogens (tertiary/aromatic N) is 1. The summed E-state index contributed by atoms with van der Waals surface area (Å²) in [6.07, 6.45) is 0. The number of aryl methyl sites for hydroxylation is 2. The predicted molar refractivity (Wildman–Crippen MR) is 123 cm³/mol. The second-order valence-corrected chi connectivity index (χ2v) is 8.69. The van der Waals surface area contributed by atoms with Gasteiger partial charge in [-0.2, -0.15) is 0 Å². The van der Waals surface area contributed by atoms with Crippen LogP contribution < -0.4 is 4.74 Å². The zero-order chi connectivity index (χ0) is 20.5. The molecule has 1 aromatic heterocycles. The lowest BCUT2D eigenvalue weighted by Gasteiger charge is -2.11. The molecular formula is C24H17Br2NO2. The van der Waals surface area contributed by atoms with Gasteiger partial charge in [-0.15, -0.1) is 0 Å². The van der Waals surface area contributed by atoms with Crippen molar-refractivity contribution in [2.75, 3.05) is 0 Å². The number of rotatable bonds is 3. The average molecular weight is 511 g/mol. The van der Waals surface area contributed by atoms with Crippen molar-refractivity contribution in [3.8, 4) is 17.0 Å². The summed E-state index contributed by atoms with van der Waals surface area (Å²) in [5.41, 5.74) is 5.10. The number of benzene rings is 3. The van der Waals surface area contributed by atoms with Gasteiger partial charge in [-0.25, -0.2) is 9.78 Å². The molecule has 0 aliphatic heterocycles. The predicted octanol–water partition coefficient (Wildman–Crippen LogP) is 7.26. The standard InChI is InChI=1S/C24H17Br2NO2/c1-14-3-9-19(11-15(14)2)29-24(28)21-13-23(16-4-6-17(25)7-5-16)27-22-10-8-18(26)12-20(21)22/h3-13H,1-2H3. The van der Waals surface area contributed by atoms with E-state index in [9.17, 15) is 4.79 Å². The van der Waals surface area contributed by atoms with Crippen LogP contribution >= 0.6 is 31.9 Å². The molecule has 0 aliphatic rings. The highest BCUT2D eigenvalue weighted by atomic mass is 79.9. The zero-order valence-corrected chi connectivity index (χ0v) is 19.0. The summed E-state index contributed by atoms with van der Waals surface area (Å²) in [6.45, 7) is 4.02. The largest absolute Gasteiger partial charge is 0.423 e. The van der Waals surface area contributed by atoms with Gasteiger partial charge in [0.25, 0.3) is 0 Å². The van der Waals surface area contributed by atoms with Gasteiger partial charge in [0, 0.05) is 19.9 Å². The van der Waals surface area contributed by atoms with Gasteiger partial charge in [-0.05, 0) is 73.5 Å². The third kappa shape index (κ3) is 4.26. The number of ether oxygens (including phenoxy) is 1. The first-order chi connectivity index (χ1) is 13.9. The molecule has 4 rings (SSSR count). The Bertz CT molecular complexity index is 1230. The van der Waals surface area contributed by atoms with Crippen LogP contribution in [0.15, 0.2) is 75.7 Å². The molecule has 0 fully saturated rings. The minimum absolute atomic E-state index is 0.405. The molecule has 4 aromatic rings. The molecule has 3 aromatic carbocycles. The Hall–Kier alpha value is -2.50. The molecule has 144 valence electrons. The van der Waals surface area contributed by atoms with E-state index in [-0.39, 0.29) is 0 Å². The van der Waals surface area contributed by atoms with Crippen LogP contribution in [0, 0.1) is 13.8 Å². The van der Waals surface area contributed by atoms with Crippen molar-refractivity contribution in [3.63, 3.8) is 0 Å². The second kappa shape index (κ2) is 8.09. The molecule has 0 saturated heterocycles. The normalized spacial score (nSPS) is 10.9. The highest BCUT2D eigenvalue weighted by Gasteiger charge is 2.17. The molecule has 0 bridgehead atoms. The highest BCUT2D eigenvalue weighted by molar-refractivity contribution is 9.10. The van der Waals surface area contributed by atoms with Crippen molar-refractivity contribution in [3.05, 3.63) is 92.4 Å². The fraction of sp³-hybridized carbons (Fsp3) is 0.0833. The van der Waals surface area contributed by atoms with Gasteiger partial charge in [0.05, 0.1) is 16.8 Å². The lowest BCUT2D eigenvalue weighted by Crippen LogP contribution is -2.10. The van der Waals surface area contributed by atoms with E-state index in [1.165, 1.54) is 0 Å². The number of esters is 1. The number of hydrogen-bond acceptors (Lipinski definition) is 3. The zero-order valence-electron chi connectivity index (χ0n) is 15.9. The maximum absolute atomic E-state index is 13.1. The molecule has 3 nitrogen and oxygen atoms in total. The summed E-state index contributed by atoms with van der Waals surface area (Å²) in [6, 6.07) is 21.0. The van der Waals surface area contributed by atoms with Gasteiger partial charge < -0.3 is 4.74 Å². The quantitative estimate of drug-likeness (QED) is 0.215. The van der Waals surface area contributed by atoms with Crippen LogP contribution in [0.25, 0.3) is 22.2 Å². The Morgan fingerprint density at radius 1 is 0.828 bits per heavy atom. The van der Waals surface area contributed by atoms with Crippen LogP contribution in [-0.2, 0) is 0 Å². The molecule has 0 N–H and O–H groups in total. The summed E-state index contributed by atoms with van der Waals surface area (Å²) in [5, 5.41) is 0.745. The van der Waals surface area contributed by atoms with Crippen molar-refractivity contribution in [1.29, 1.82) is 0 Å². The van der Waals surface area contributed by atoms with E-state index in [2.05, 4.69) is 31.9 Å². The average Bonchev–Trinajstić information content (AvgIpc) is 2.70. The minimum Gasteiger partial charge on any atom is -0.423 e. The van der Waals surface area contributed by atoms with Crippen molar-refractivity contribution in [2.45, 2.75) is 13.8 Å². The Kier molecular flexibility index (Phi) is 5.52. The maximum Gasteiger partial charge on any atom is 0.344 e. The molecule has 1 heterocycles. The monoisotopic (exact) mass is 509 g/mol. The number of carbonyl (C=O) groups excluding carboxylic acids is 1. The fourth-order valence-electron chi connectivity index (χ4n) is 3.07. The second-order valence-electron chi connectivity index (χ2n) is 6.86. The Labute approximate surface area is 186 Å². The van der Waals surface area contributed by atoms with E-state index in [4.69, 9.17) is 9.72 Å². The van der Waals surface area contributed by atoms with Gasteiger partial charge in [0.15, 0.2) is 0 Å². The van der Waals surface area contributed by atoms with Crippen molar-refractivity contribution in [2.24, 2.45) is 0 Å². The fourth-order valence-corrected chi connectivity index (χ4v) is 3.70. The third-order valence-corrected chi connectivity index (χ3v) is 5.84. The SMILES string of the molecule is Cc1ccc(OC(=O)c2cc(-c3ccc(Br)cc3)nc3ccc(Br)cc23)cc1C. The highest BCUT2D eigenvalue weighted by Crippen LogP contribution is 2.29. The number of pyridine rings is 1. The number of aromatic nitrogens is 1. The molecule has 5 heteroatoms. The van der Waals surface area contributed by atoms with E-state index < -0.39 is 5.97 Å². The smallest absolute Gasteiger partial charge is 0.344 e. The molecule has 0 amide bonds. The van der Waals surface area contributed by atoms with Crippen LogP contribution in [0.4, 0.5) is 0 Å². The van der Waals surface area contributed by atoms with Gasteiger partial charge in [0.1, 0.15) is 5.75 Å². The Balaban J connectivity index is 1.82. The first kappa shape index (κ1) is 19.8. The Morgan fingerprint density at radius 2 is 1.55 bits per heavy atom. The van der Waals surface area contributed by atoms with Crippen molar-refractivity contribution in [1.82, 2.24) is 4.98 Å². The molecular weight excluding hydrogens is 494 g/mol. The topological polar surface area (TPSA) is 39.2 Å². The molecule has 0 radical (unpaired) electrons. The van der Waals surface area contributed by atoms with Crippen LogP contribution in [0.1, 0.15) is 21.5 Å². The van der Waals surface area contributed by atoms with E-state index in [1.54, 1.807) is 6.07 Å². The van der Waals surface area contributed by atoms with Crippen molar-refractivity contribution < 1.29 is 9.53 Å². The van der Waals surface area contributed by atoms with E-state index >= 15 is 0 Å². The van der Waals surface area contributed by atoms with E-state index in [0.717, 1.165) is 42.2 Å². The minimum atomic E-state index is -0.405. The molecule has 0 aliphatic carbocycles. The number of fused-ring (bicyclic) bond motifs is 1. The van der Waals surface area contributed by atoms with Gasteiger partial charge >= 0.3 is 5.97 Å². The molecule has 29 heavy (non-hydrogen) atoms. The maximum atomic E-state index is 13.1. The first-order valence-corrected chi connectivity index (χ1v) is 10.6. The Morgan fingerprint density at radius 3 is 2.28 bits per heavy atom.